The fraction of sp³-hybridized carbons (Fsp3) is 0.333. The van der Waals surface area contributed by atoms with Gasteiger partial charge < -0.3 is 10.6 Å². The van der Waals surface area contributed by atoms with Gasteiger partial charge in [0.1, 0.15) is 0 Å². The van der Waals surface area contributed by atoms with Crippen LogP contribution in [-0.2, 0) is 9.59 Å². The molecule has 0 fully saturated rings. The number of hydrogen-bond donors (Lipinski definition) is 2. The molecule has 5 heteroatoms. The van der Waals surface area contributed by atoms with Gasteiger partial charge in [0.2, 0.25) is 11.8 Å². The van der Waals surface area contributed by atoms with Gasteiger partial charge in [0, 0.05) is 24.3 Å². The molecule has 1 atom stereocenters. The van der Waals surface area contributed by atoms with Gasteiger partial charge in [0.15, 0.2) is 0 Å². The monoisotopic (exact) mass is 353 g/mol. The second kappa shape index (κ2) is 10.4. The largest absolute Gasteiger partial charge is 0.326 e. The minimum Gasteiger partial charge on any atom is -0.326 e. The van der Waals surface area contributed by atoms with Crippen molar-refractivity contribution in [3.05, 3.63) is 60.7 Å². The Morgan fingerprint density at radius 2 is 1.42 bits per heavy atom. The highest BCUT2D eigenvalue weighted by molar-refractivity contribution is 5.94. The molecule has 0 aliphatic heterocycles. The molecule has 2 aromatic rings. The van der Waals surface area contributed by atoms with E-state index in [2.05, 4.69) is 17.6 Å². The molecule has 0 aliphatic carbocycles. The second-order valence-corrected chi connectivity index (χ2v) is 6.23. The van der Waals surface area contributed by atoms with Gasteiger partial charge in [-0.3, -0.25) is 14.5 Å². The van der Waals surface area contributed by atoms with Gasteiger partial charge in [-0.15, -0.1) is 0 Å². The first-order valence-electron chi connectivity index (χ1n) is 9.05. The third kappa shape index (κ3) is 6.33. The highest BCUT2D eigenvalue weighted by atomic mass is 16.2. The Labute approximate surface area is 155 Å². The zero-order valence-corrected chi connectivity index (χ0v) is 15.4. The molecule has 0 saturated heterocycles. The van der Waals surface area contributed by atoms with Gasteiger partial charge in [-0.25, -0.2) is 0 Å². The molecule has 0 bridgehead atoms. The van der Waals surface area contributed by atoms with Crippen molar-refractivity contribution in [2.75, 3.05) is 23.7 Å². The van der Waals surface area contributed by atoms with Crippen LogP contribution < -0.4 is 10.6 Å². The number of benzene rings is 2. The lowest BCUT2D eigenvalue weighted by Crippen LogP contribution is -2.43. The molecule has 2 N–H and O–H groups in total. The Morgan fingerprint density at radius 1 is 0.885 bits per heavy atom. The van der Waals surface area contributed by atoms with Gasteiger partial charge in [0.25, 0.3) is 0 Å². The average molecular weight is 353 g/mol. The summed E-state index contributed by atoms with van der Waals surface area (Å²) in [6.45, 7) is 5.25. The number of nitrogens with zero attached hydrogens (tertiary/aromatic N) is 1. The summed E-state index contributed by atoms with van der Waals surface area (Å²) in [7, 11) is 0. The average Bonchev–Trinajstić information content (AvgIpc) is 2.66. The van der Waals surface area contributed by atoms with Crippen LogP contribution >= 0.6 is 0 Å². The van der Waals surface area contributed by atoms with E-state index in [1.54, 1.807) is 0 Å². The number of amides is 2. The second-order valence-electron chi connectivity index (χ2n) is 6.23. The number of rotatable bonds is 9. The van der Waals surface area contributed by atoms with E-state index in [0.717, 1.165) is 24.3 Å². The van der Waals surface area contributed by atoms with Crippen molar-refractivity contribution in [1.82, 2.24) is 4.90 Å². The van der Waals surface area contributed by atoms with E-state index in [-0.39, 0.29) is 17.9 Å². The van der Waals surface area contributed by atoms with Crippen molar-refractivity contribution >= 4 is 23.2 Å². The lowest BCUT2D eigenvalue weighted by Gasteiger charge is -2.27. The number of para-hydroxylation sites is 2. The van der Waals surface area contributed by atoms with Crippen LogP contribution in [0.5, 0.6) is 0 Å². The predicted octanol–water partition coefficient (Wildman–Crippen LogP) is 3.75. The molecule has 2 amide bonds. The molecule has 0 spiro atoms. The number of carbonyl (C=O) groups excluding carboxylic acids is 2. The van der Waals surface area contributed by atoms with Gasteiger partial charge in [-0.2, -0.15) is 0 Å². The van der Waals surface area contributed by atoms with Crippen LogP contribution in [0, 0.1) is 0 Å². The van der Waals surface area contributed by atoms with E-state index in [9.17, 15) is 9.59 Å². The summed E-state index contributed by atoms with van der Waals surface area (Å²) in [6.07, 6.45) is 1.26. The topological polar surface area (TPSA) is 61.4 Å². The summed E-state index contributed by atoms with van der Waals surface area (Å²) in [5.41, 5.74) is 1.57. The summed E-state index contributed by atoms with van der Waals surface area (Å²) >= 11 is 0. The first kappa shape index (κ1) is 19.7. The molecule has 2 aromatic carbocycles. The van der Waals surface area contributed by atoms with Gasteiger partial charge >= 0.3 is 0 Å². The van der Waals surface area contributed by atoms with Crippen LogP contribution in [0.25, 0.3) is 0 Å². The molecule has 0 radical (unpaired) electrons. The summed E-state index contributed by atoms with van der Waals surface area (Å²) in [5.74, 6) is -0.110. The summed E-state index contributed by atoms with van der Waals surface area (Å²) in [6, 6.07) is 18.5. The lowest BCUT2D eigenvalue weighted by atomic mass is 10.2. The number of carbonyl (C=O) groups is 2. The predicted molar refractivity (Wildman–Crippen MR) is 106 cm³/mol. The summed E-state index contributed by atoms with van der Waals surface area (Å²) < 4.78 is 0. The van der Waals surface area contributed by atoms with Gasteiger partial charge in [0.05, 0.1) is 6.04 Å². The van der Waals surface area contributed by atoms with E-state index in [1.807, 2.05) is 72.5 Å². The minimum atomic E-state index is -0.306. The SMILES string of the molecule is CCCN(CCC(=O)Nc1ccccc1)C(C)C(=O)Nc1ccccc1. The Morgan fingerprint density at radius 3 is 1.96 bits per heavy atom. The highest BCUT2D eigenvalue weighted by Gasteiger charge is 2.21. The normalized spacial score (nSPS) is 11.8. The molecule has 0 aromatic heterocycles. The molecule has 2 rings (SSSR count). The maximum Gasteiger partial charge on any atom is 0.241 e. The Balaban J connectivity index is 1.88. The summed E-state index contributed by atoms with van der Waals surface area (Å²) in [4.78, 5) is 26.7. The van der Waals surface area contributed by atoms with Crippen molar-refractivity contribution in [3.63, 3.8) is 0 Å². The van der Waals surface area contributed by atoms with Crippen molar-refractivity contribution < 1.29 is 9.59 Å². The zero-order chi connectivity index (χ0) is 18.8. The number of nitrogens with one attached hydrogen (secondary N) is 2. The third-order valence-corrected chi connectivity index (χ3v) is 4.16. The molecule has 0 saturated carbocycles. The van der Waals surface area contributed by atoms with Crippen molar-refractivity contribution in [3.8, 4) is 0 Å². The van der Waals surface area contributed by atoms with Crippen LogP contribution in [0.3, 0.4) is 0 Å². The smallest absolute Gasteiger partial charge is 0.241 e. The molecular formula is C21H27N3O2. The maximum atomic E-state index is 12.5. The van der Waals surface area contributed by atoms with Crippen LogP contribution in [0.2, 0.25) is 0 Å². The standard InChI is InChI=1S/C21H27N3O2/c1-3-15-24(16-14-20(25)22-18-10-6-4-7-11-18)17(2)21(26)23-19-12-8-5-9-13-19/h4-13,17H,3,14-16H2,1-2H3,(H,22,25)(H,23,26). The molecular weight excluding hydrogens is 326 g/mol. The Kier molecular flexibility index (Phi) is 7.83. The van der Waals surface area contributed by atoms with E-state index < -0.39 is 0 Å². The van der Waals surface area contributed by atoms with Crippen molar-refractivity contribution in [2.24, 2.45) is 0 Å². The zero-order valence-electron chi connectivity index (χ0n) is 15.4. The maximum absolute atomic E-state index is 12.5. The molecule has 26 heavy (non-hydrogen) atoms. The van der Waals surface area contributed by atoms with Crippen LogP contribution in [0.15, 0.2) is 60.7 Å². The summed E-state index contributed by atoms with van der Waals surface area (Å²) in [5, 5.41) is 5.81. The first-order valence-corrected chi connectivity index (χ1v) is 9.05. The van der Waals surface area contributed by atoms with E-state index in [4.69, 9.17) is 0 Å². The van der Waals surface area contributed by atoms with Crippen LogP contribution in [0.4, 0.5) is 11.4 Å². The van der Waals surface area contributed by atoms with E-state index in [1.165, 1.54) is 0 Å². The highest BCUT2D eigenvalue weighted by Crippen LogP contribution is 2.10. The minimum absolute atomic E-state index is 0.0482. The van der Waals surface area contributed by atoms with E-state index >= 15 is 0 Å². The molecule has 5 nitrogen and oxygen atoms in total. The molecule has 0 heterocycles. The van der Waals surface area contributed by atoms with Gasteiger partial charge in [-0.05, 0) is 44.2 Å². The van der Waals surface area contributed by atoms with Crippen molar-refractivity contribution in [2.45, 2.75) is 32.7 Å². The quantitative estimate of drug-likeness (QED) is 0.722. The Bertz CT molecular complexity index is 689. The van der Waals surface area contributed by atoms with Crippen LogP contribution in [-0.4, -0.2) is 35.8 Å². The number of hydrogen-bond acceptors (Lipinski definition) is 3. The number of anilines is 2. The lowest BCUT2D eigenvalue weighted by molar-refractivity contribution is -0.122. The fourth-order valence-corrected chi connectivity index (χ4v) is 2.71. The molecule has 0 aliphatic rings. The van der Waals surface area contributed by atoms with Crippen molar-refractivity contribution in [1.29, 1.82) is 0 Å². The molecule has 1 unspecified atom stereocenters. The molecule has 138 valence electrons. The fourth-order valence-electron chi connectivity index (χ4n) is 2.71. The van der Waals surface area contributed by atoms with E-state index in [0.29, 0.717) is 13.0 Å². The Hall–Kier alpha value is -2.66. The van der Waals surface area contributed by atoms with Crippen LogP contribution in [0.1, 0.15) is 26.7 Å². The third-order valence-electron chi connectivity index (χ3n) is 4.16. The van der Waals surface area contributed by atoms with Gasteiger partial charge in [-0.1, -0.05) is 43.3 Å². The first-order chi connectivity index (χ1) is 12.6.